The van der Waals surface area contributed by atoms with Crippen molar-refractivity contribution in [2.24, 2.45) is 0 Å². The van der Waals surface area contributed by atoms with Gasteiger partial charge >= 0.3 is 0 Å². The van der Waals surface area contributed by atoms with Crippen LogP contribution in [0.1, 0.15) is 19.8 Å². The molecule has 1 rings (SSSR count). The van der Waals surface area contributed by atoms with Gasteiger partial charge in [0.05, 0.1) is 5.60 Å². The molecule has 1 heterocycles. The van der Waals surface area contributed by atoms with E-state index in [0.717, 1.165) is 19.5 Å². The minimum absolute atomic E-state index is 0.167. The molecule has 0 aromatic rings. The highest BCUT2D eigenvalue weighted by molar-refractivity contribution is 4.87. The Bertz CT molecular complexity index is 80.9. The first-order chi connectivity index (χ1) is 4.33. The summed E-state index contributed by atoms with van der Waals surface area (Å²) in [6, 6.07) is 0. The Morgan fingerprint density at radius 3 is 2.67 bits per heavy atom. The van der Waals surface area contributed by atoms with Gasteiger partial charge in [0, 0.05) is 13.7 Å². The third-order valence-corrected chi connectivity index (χ3v) is 2.28. The molecule has 0 radical (unpaired) electrons. The molecular formula is C7H15NO. The SMILES string of the molecule is CCC1(OC)CCNC1. The third kappa shape index (κ3) is 1.25. The van der Waals surface area contributed by atoms with Gasteiger partial charge < -0.3 is 10.1 Å². The summed E-state index contributed by atoms with van der Waals surface area (Å²) in [5.74, 6) is 0. The zero-order chi connectivity index (χ0) is 6.74. The van der Waals surface area contributed by atoms with Crippen molar-refractivity contribution >= 4 is 0 Å². The molecule has 1 aliphatic rings. The number of hydrogen-bond donors (Lipinski definition) is 1. The molecule has 2 heteroatoms. The molecule has 1 atom stereocenters. The number of hydrogen-bond acceptors (Lipinski definition) is 2. The van der Waals surface area contributed by atoms with Crippen LogP contribution in [0.2, 0.25) is 0 Å². The first-order valence-corrected chi connectivity index (χ1v) is 3.59. The van der Waals surface area contributed by atoms with Crippen LogP contribution in [0.5, 0.6) is 0 Å². The lowest BCUT2D eigenvalue weighted by atomic mass is 10.0. The Balaban J connectivity index is 2.45. The fraction of sp³-hybridized carbons (Fsp3) is 1.00. The van der Waals surface area contributed by atoms with Crippen LogP contribution in [0.15, 0.2) is 0 Å². The maximum atomic E-state index is 5.39. The van der Waals surface area contributed by atoms with Crippen LogP contribution in [0.4, 0.5) is 0 Å². The van der Waals surface area contributed by atoms with Gasteiger partial charge in [0.2, 0.25) is 0 Å². The van der Waals surface area contributed by atoms with Crippen molar-refractivity contribution in [1.29, 1.82) is 0 Å². The van der Waals surface area contributed by atoms with Crippen LogP contribution < -0.4 is 5.32 Å². The standard InChI is InChI=1S/C7H15NO/c1-3-7(9-2)4-5-8-6-7/h8H,3-6H2,1-2H3. The van der Waals surface area contributed by atoms with E-state index >= 15 is 0 Å². The minimum atomic E-state index is 0.167. The monoisotopic (exact) mass is 129 g/mol. The van der Waals surface area contributed by atoms with Crippen molar-refractivity contribution in [2.45, 2.75) is 25.4 Å². The van der Waals surface area contributed by atoms with Crippen molar-refractivity contribution in [1.82, 2.24) is 5.32 Å². The molecule has 1 fully saturated rings. The molecule has 2 nitrogen and oxygen atoms in total. The van der Waals surface area contributed by atoms with E-state index in [9.17, 15) is 0 Å². The summed E-state index contributed by atoms with van der Waals surface area (Å²) in [5, 5.41) is 3.29. The quantitative estimate of drug-likeness (QED) is 0.594. The molecule has 1 N–H and O–H groups in total. The number of nitrogens with one attached hydrogen (secondary N) is 1. The molecule has 0 amide bonds. The molecule has 0 aromatic heterocycles. The maximum absolute atomic E-state index is 5.39. The highest BCUT2D eigenvalue weighted by Crippen LogP contribution is 2.21. The molecule has 9 heavy (non-hydrogen) atoms. The highest BCUT2D eigenvalue weighted by atomic mass is 16.5. The Labute approximate surface area is 56.6 Å². The summed E-state index contributed by atoms with van der Waals surface area (Å²) in [6.45, 7) is 4.32. The summed E-state index contributed by atoms with van der Waals surface area (Å²) in [5.41, 5.74) is 0.167. The smallest absolute Gasteiger partial charge is 0.0811 e. The molecule has 54 valence electrons. The lowest BCUT2D eigenvalue weighted by Gasteiger charge is -2.24. The van der Waals surface area contributed by atoms with Crippen LogP contribution in [-0.2, 0) is 4.74 Å². The second kappa shape index (κ2) is 2.67. The fourth-order valence-corrected chi connectivity index (χ4v) is 1.34. The van der Waals surface area contributed by atoms with Gasteiger partial charge in [-0.1, -0.05) is 6.92 Å². The van der Waals surface area contributed by atoms with Gasteiger partial charge in [0.15, 0.2) is 0 Å². The average Bonchev–Trinajstić information content (AvgIpc) is 2.36. The minimum Gasteiger partial charge on any atom is -0.377 e. The van der Waals surface area contributed by atoms with E-state index in [1.807, 2.05) is 0 Å². The number of rotatable bonds is 2. The molecule has 1 unspecified atom stereocenters. The summed E-state index contributed by atoms with van der Waals surface area (Å²) in [4.78, 5) is 0. The van der Waals surface area contributed by atoms with E-state index in [4.69, 9.17) is 4.74 Å². The normalized spacial score (nSPS) is 35.3. The molecule has 1 saturated heterocycles. The Morgan fingerprint density at radius 1 is 1.67 bits per heavy atom. The van der Waals surface area contributed by atoms with Crippen molar-refractivity contribution in [2.75, 3.05) is 20.2 Å². The largest absolute Gasteiger partial charge is 0.377 e. The molecule has 1 aliphatic heterocycles. The Morgan fingerprint density at radius 2 is 2.44 bits per heavy atom. The Hall–Kier alpha value is -0.0800. The first kappa shape index (κ1) is 7.03. The summed E-state index contributed by atoms with van der Waals surface area (Å²) in [7, 11) is 1.80. The van der Waals surface area contributed by atoms with Gasteiger partial charge in [-0.05, 0) is 19.4 Å². The van der Waals surface area contributed by atoms with Gasteiger partial charge in [-0.3, -0.25) is 0 Å². The van der Waals surface area contributed by atoms with E-state index < -0.39 is 0 Å². The molecule has 0 aliphatic carbocycles. The van der Waals surface area contributed by atoms with Crippen molar-refractivity contribution in [3.05, 3.63) is 0 Å². The molecular weight excluding hydrogens is 114 g/mol. The fourth-order valence-electron chi connectivity index (χ4n) is 1.34. The Kier molecular flexibility index (Phi) is 2.09. The average molecular weight is 129 g/mol. The first-order valence-electron chi connectivity index (χ1n) is 3.59. The van der Waals surface area contributed by atoms with Crippen LogP contribution in [0.25, 0.3) is 0 Å². The zero-order valence-corrected chi connectivity index (χ0v) is 6.24. The summed E-state index contributed by atoms with van der Waals surface area (Å²) in [6.07, 6.45) is 2.29. The predicted molar refractivity (Wildman–Crippen MR) is 37.5 cm³/mol. The van der Waals surface area contributed by atoms with Crippen LogP contribution in [0.3, 0.4) is 0 Å². The second-order valence-electron chi connectivity index (χ2n) is 2.67. The summed E-state index contributed by atoms with van der Waals surface area (Å²) < 4.78 is 5.39. The third-order valence-electron chi connectivity index (χ3n) is 2.28. The van der Waals surface area contributed by atoms with Crippen molar-refractivity contribution in [3.8, 4) is 0 Å². The van der Waals surface area contributed by atoms with Gasteiger partial charge in [-0.15, -0.1) is 0 Å². The van der Waals surface area contributed by atoms with Gasteiger partial charge in [0.1, 0.15) is 0 Å². The van der Waals surface area contributed by atoms with Gasteiger partial charge in [-0.25, -0.2) is 0 Å². The zero-order valence-electron chi connectivity index (χ0n) is 6.24. The number of methoxy groups -OCH3 is 1. The molecule has 0 spiro atoms. The van der Waals surface area contributed by atoms with Crippen LogP contribution >= 0.6 is 0 Å². The van der Waals surface area contributed by atoms with E-state index in [0.29, 0.717) is 0 Å². The molecule has 0 saturated carbocycles. The molecule has 0 bridgehead atoms. The van der Waals surface area contributed by atoms with E-state index in [-0.39, 0.29) is 5.60 Å². The lowest BCUT2D eigenvalue weighted by molar-refractivity contribution is 0.00427. The summed E-state index contributed by atoms with van der Waals surface area (Å²) >= 11 is 0. The van der Waals surface area contributed by atoms with Gasteiger partial charge in [0.25, 0.3) is 0 Å². The van der Waals surface area contributed by atoms with E-state index in [1.54, 1.807) is 7.11 Å². The van der Waals surface area contributed by atoms with Crippen molar-refractivity contribution in [3.63, 3.8) is 0 Å². The van der Waals surface area contributed by atoms with Gasteiger partial charge in [-0.2, -0.15) is 0 Å². The molecule has 0 aromatic carbocycles. The van der Waals surface area contributed by atoms with Crippen molar-refractivity contribution < 1.29 is 4.74 Å². The topological polar surface area (TPSA) is 21.3 Å². The maximum Gasteiger partial charge on any atom is 0.0811 e. The lowest BCUT2D eigenvalue weighted by Crippen LogP contribution is -2.32. The van der Waals surface area contributed by atoms with Crippen LogP contribution in [0, 0.1) is 0 Å². The highest BCUT2D eigenvalue weighted by Gasteiger charge is 2.30. The van der Waals surface area contributed by atoms with E-state index in [1.165, 1.54) is 6.42 Å². The van der Waals surface area contributed by atoms with Crippen LogP contribution in [-0.4, -0.2) is 25.8 Å². The predicted octanol–water partition coefficient (Wildman–Crippen LogP) is 0.775. The second-order valence-corrected chi connectivity index (χ2v) is 2.67. The van der Waals surface area contributed by atoms with E-state index in [2.05, 4.69) is 12.2 Å². The number of ether oxygens (including phenoxy) is 1.